The zero-order chi connectivity index (χ0) is 17.2. The number of rotatable bonds is 5. The van der Waals surface area contributed by atoms with Gasteiger partial charge in [0.05, 0.1) is 12.5 Å². The van der Waals surface area contributed by atoms with Gasteiger partial charge in [-0.05, 0) is 24.3 Å². The lowest BCUT2D eigenvalue weighted by atomic mass is 10.3. The summed E-state index contributed by atoms with van der Waals surface area (Å²) in [6.45, 7) is 0.420. The van der Waals surface area contributed by atoms with Crippen molar-refractivity contribution in [1.82, 2.24) is 24.9 Å². The number of hydrogen-bond donors (Lipinski definition) is 2. The first-order chi connectivity index (χ1) is 12.2. The summed E-state index contributed by atoms with van der Waals surface area (Å²) in [6, 6.07) is 8.65. The van der Waals surface area contributed by atoms with Crippen LogP contribution in [0.4, 0.5) is 5.95 Å². The second kappa shape index (κ2) is 6.11. The fraction of sp³-hybridized carbons (Fsp3) is 0.125. The van der Waals surface area contributed by atoms with Gasteiger partial charge in [-0.15, -0.1) is 5.10 Å². The first-order valence-corrected chi connectivity index (χ1v) is 7.58. The van der Waals surface area contributed by atoms with Crippen molar-refractivity contribution < 1.29 is 13.6 Å². The number of nitrogen functional groups attached to an aromatic ring is 1. The number of anilines is 1. The standard InChI is InChI=1S/C16H14N6O3/c17-16-19-11(15(23)18-6-5-10-3-1-7-24-10)9-13-20-14(21-22(13)16)12-4-2-8-25-12/h1-4,7-9H,5-6H2,(H2,17,19)(H,18,23). The van der Waals surface area contributed by atoms with E-state index in [-0.39, 0.29) is 17.5 Å². The summed E-state index contributed by atoms with van der Waals surface area (Å²) in [5, 5.41) is 7.00. The number of nitrogens with one attached hydrogen (secondary N) is 1. The van der Waals surface area contributed by atoms with E-state index in [1.54, 1.807) is 24.5 Å². The van der Waals surface area contributed by atoms with Crippen LogP contribution in [0.25, 0.3) is 17.2 Å². The highest BCUT2D eigenvalue weighted by atomic mass is 16.3. The van der Waals surface area contributed by atoms with Gasteiger partial charge in [0.1, 0.15) is 11.5 Å². The highest BCUT2D eigenvalue weighted by Gasteiger charge is 2.15. The lowest BCUT2D eigenvalue weighted by Gasteiger charge is -2.05. The Morgan fingerprint density at radius 2 is 2.04 bits per heavy atom. The van der Waals surface area contributed by atoms with Crippen molar-refractivity contribution in [2.75, 3.05) is 12.3 Å². The third kappa shape index (κ3) is 2.94. The Balaban J connectivity index is 1.54. The molecule has 0 saturated carbocycles. The number of amides is 1. The number of hydrogen-bond acceptors (Lipinski definition) is 7. The molecule has 0 aliphatic rings. The monoisotopic (exact) mass is 338 g/mol. The van der Waals surface area contributed by atoms with Crippen LogP contribution in [0.5, 0.6) is 0 Å². The van der Waals surface area contributed by atoms with Crippen molar-refractivity contribution in [2.24, 2.45) is 0 Å². The molecule has 0 aliphatic carbocycles. The molecule has 0 aliphatic heterocycles. The molecule has 0 fully saturated rings. The molecule has 126 valence electrons. The fourth-order valence-electron chi connectivity index (χ4n) is 2.38. The van der Waals surface area contributed by atoms with Gasteiger partial charge in [0.2, 0.25) is 11.8 Å². The number of nitrogens with zero attached hydrogens (tertiary/aromatic N) is 4. The Labute approximate surface area is 141 Å². The summed E-state index contributed by atoms with van der Waals surface area (Å²) in [7, 11) is 0. The topological polar surface area (TPSA) is 124 Å². The Morgan fingerprint density at radius 1 is 1.20 bits per heavy atom. The van der Waals surface area contributed by atoms with Crippen LogP contribution in [0.2, 0.25) is 0 Å². The van der Waals surface area contributed by atoms with E-state index in [4.69, 9.17) is 14.6 Å². The van der Waals surface area contributed by atoms with Gasteiger partial charge in [-0.2, -0.15) is 4.52 Å². The molecule has 4 aromatic heterocycles. The molecule has 25 heavy (non-hydrogen) atoms. The van der Waals surface area contributed by atoms with E-state index in [1.165, 1.54) is 16.8 Å². The first kappa shape index (κ1) is 14.9. The van der Waals surface area contributed by atoms with E-state index >= 15 is 0 Å². The van der Waals surface area contributed by atoms with Crippen molar-refractivity contribution >= 4 is 17.5 Å². The number of furan rings is 2. The molecule has 0 atom stereocenters. The highest BCUT2D eigenvalue weighted by molar-refractivity contribution is 5.93. The van der Waals surface area contributed by atoms with Crippen molar-refractivity contribution in [3.8, 4) is 11.6 Å². The van der Waals surface area contributed by atoms with E-state index in [0.717, 1.165) is 5.76 Å². The Hall–Kier alpha value is -3.62. The number of carbonyl (C=O) groups is 1. The van der Waals surface area contributed by atoms with Crippen LogP contribution in [0, 0.1) is 0 Å². The van der Waals surface area contributed by atoms with Crippen LogP contribution in [-0.4, -0.2) is 32.0 Å². The molecule has 0 unspecified atom stereocenters. The van der Waals surface area contributed by atoms with Crippen molar-refractivity contribution in [2.45, 2.75) is 6.42 Å². The molecule has 1 amide bonds. The molecule has 9 heteroatoms. The number of aromatic nitrogens is 4. The van der Waals surface area contributed by atoms with Crippen LogP contribution in [-0.2, 0) is 6.42 Å². The van der Waals surface area contributed by atoms with Crippen LogP contribution in [0.1, 0.15) is 16.2 Å². The van der Waals surface area contributed by atoms with Gasteiger partial charge in [0.15, 0.2) is 11.4 Å². The predicted octanol–water partition coefficient (Wildman–Crippen LogP) is 1.53. The summed E-state index contributed by atoms with van der Waals surface area (Å²) in [6.07, 6.45) is 3.71. The minimum Gasteiger partial charge on any atom is -0.469 e. The molecule has 4 rings (SSSR count). The summed E-state index contributed by atoms with van der Waals surface area (Å²) in [5.74, 6) is 1.40. The van der Waals surface area contributed by atoms with E-state index < -0.39 is 0 Å². The number of carbonyl (C=O) groups excluding carboxylic acids is 1. The van der Waals surface area contributed by atoms with Gasteiger partial charge in [-0.1, -0.05) is 0 Å². The second-order valence-electron chi connectivity index (χ2n) is 5.27. The maximum absolute atomic E-state index is 12.3. The fourth-order valence-corrected chi connectivity index (χ4v) is 2.38. The molecular formula is C16H14N6O3. The SMILES string of the molecule is Nc1nc(C(=O)NCCc2ccco2)cc2nc(-c3ccco3)nn12. The van der Waals surface area contributed by atoms with Crippen molar-refractivity contribution in [3.05, 3.63) is 54.3 Å². The van der Waals surface area contributed by atoms with Crippen LogP contribution < -0.4 is 11.1 Å². The largest absolute Gasteiger partial charge is 0.469 e. The molecule has 0 spiro atoms. The summed E-state index contributed by atoms with van der Waals surface area (Å²) in [4.78, 5) is 20.7. The molecule has 3 N–H and O–H groups in total. The first-order valence-electron chi connectivity index (χ1n) is 7.58. The van der Waals surface area contributed by atoms with Gasteiger partial charge >= 0.3 is 0 Å². The average molecular weight is 338 g/mol. The van der Waals surface area contributed by atoms with E-state index in [1.807, 2.05) is 6.07 Å². The Morgan fingerprint density at radius 3 is 2.80 bits per heavy atom. The zero-order valence-corrected chi connectivity index (χ0v) is 13.0. The Bertz CT molecular complexity index is 1000. The third-order valence-corrected chi connectivity index (χ3v) is 3.56. The van der Waals surface area contributed by atoms with Crippen LogP contribution in [0.3, 0.4) is 0 Å². The van der Waals surface area contributed by atoms with Crippen LogP contribution in [0.15, 0.2) is 51.7 Å². The molecule has 4 heterocycles. The predicted molar refractivity (Wildman–Crippen MR) is 87.6 cm³/mol. The minimum absolute atomic E-state index is 0.0685. The molecular weight excluding hydrogens is 324 g/mol. The molecule has 0 radical (unpaired) electrons. The molecule has 0 saturated heterocycles. The van der Waals surface area contributed by atoms with Gasteiger partial charge in [-0.3, -0.25) is 4.79 Å². The van der Waals surface area contributed by atoms with E-state index in [9.17, 15) is 4.79 Å². The summed E-state index contributed by atoms with van der Waals surface area (Å²) < 4.78 is 11.8. The maximum Gasteiger partial charge on any atom is 0.270 e. The number of nitrogens with two attached hydrogens (primary N) is 1. The number of fused-ring (bicyclic) bond motifs is 1. The third-order valence-electron chi connectivity index (χ3n) is 3.56. The van der Waals surface area contributed by atoms with E-state index in [0.29, 0.717) is 30.2 Å². The molecule has 0 bridgehead atoms. The molecule has 9 nitrogen and oxygen atoms in total. The second-order valence-corrected chi connectivity index (χ2v) is 5.27. The summed E-state index contributed by atoms with van der Waals surface area (Å²) >= 11 is 0. The molecule has 4 aromatic rings. The lowest BCUT2D eigenvalue weighted by molar-refractivity contribution is 0.0948. The van der Waals surface area contributed by atoms with Crippen LogP contribution >= 0.6 is 0 Å². The minimum atomic E-state index is -0.344. The van der Waals surface area contributed by atoms with E-state index in [2.05, 4.69) is 20.4 Å². The maximum atomic E-state index is 12.3. The average Bonchev–Trinajstić information content (AvgIpc) is 3.35. The van der Waals surface area contributed by atoms with Gasteiger partial charge in [0.25, 0.3) is 5.91 Å². The zero-order valence-electron chi connectivity index (χ0n) is 13.0. The Kier molecular flexibility index (Phi) is 3.65. The lowest BCUT2D eigenvalue weighted by Crippen LogP contribution is -2.27. The molecule has 0 aromatic carbocycles. The normalized spacial score (nSPS) is 11.0. The highest BCUT2D eigenvalue weighted by Crippen LogP contribution is 2.18. The van der Waals surface area contributed by atoms with Gasteiger partial charge in [0, 0.05) is 19.0 Å². The summed E-state index contributed by atoms with van der Waals surface area (Å²) in [5.41, 5.74) is 6.47. The quantitative estimate of drug-likeness (QED) is 0.565. The van der Waals surface area contributed by atoms with Gasteiger partial charge in [-0.25, -0.2) is 9.97 Å². The van der Waals surface area contributed by atoms with Crippen molar-refractivity contribution in [1.29, 1.82) is 0 Å². The smallest absolute Gasteiger partial charge is 0.270 e. The van der Waals surface area contributed by atoms with Crippen molar-refractivity contribution in [3.63, 3.8) is 0 Å². The van der Waals surface area contributed by atoms with Gasteiger partial charge < -0.3 is 19.9 Å².